The third-order valence-electron chi connectivity index (χ3n) is 1.11. The van der Waals surface area contributed by atoms with E-state index in [-0.39, 0.29) is 6.61 Å². The highest BCUT2D eigenvalue weighted by Gasteiger charge is 2.27. The van der Waals surface area contributed by atoms with E-state index in [1.807, 2.05) is 0 Å². The molecule has 0 aromatic rings. The maximum Gasteiger partial charge on any atom is 0.411 e. The Bertz CT molecular complexity index is 119. The van der Waals surface area contributed by atoms with Crippen LogP contribution in [0.2, 0.25) is 0 Å². The largest absolute Gasteiger partial charge is 0.411 e. The van der Waals surface area contributed by atoms with Gasteiger partial charge in [-0.15, -0.1) is 0 Å². The number of hydrogen-bond donors (Lipinski definition) is 1. The molecule has 0 amide bonds. The standard InChI is InChI=1S/C7H14F3NO2/c8-7(9,10)6-13-4-1-3-12-5-2-11/h1-6,11H2. The fourth-order valence-electron chi connectivity index (χ4n) is 0.636. The first-order chi connectivity index (χ1) is 6.06. The number of halogens is 3. The van der Waals surface area contributed by atoms with Crippen LogP contribution in [0.5, 0.6) is 0 Å². The Kier molecular flexibility index (Phi) is 6.93. The summed E-state index contributed by atoms with van der Waals surface area (Å²) in [5.41, 5.74) is 5.12. The zero-order chi connectivity index (χ0) is 10.2. The van der Waals surface area contributed by atoms with Crippen molar-refractivity contribution in [2.45, 2.75) is 12.6 Å². The van der Waals surface area contributed by atoms with Crippen LogP contribution in [0.25, 0.3) is 0 Å². The molecule has 0 saturated carbocycles. The molecule has 2 N–H and O–H groups in total. The predicted molar refractivity (Wildman–Crippen MR) is 41.4 cm³/mol. The summed E-state index contributed by atoms with van der Waals surface area (Å²) in [6.45, 7) is 0.103. The molecule has 0 atom stereocenters. The van der Waals surface area contributed by atoms with Crippen LogP contribution in [0.4, 0.5) is 13.2 Å². The Morgan fingerprint density at radius 2 is 1.62 bits per heavy atom. The first kappa shape index (κ1) is 12.7. The second kappa shape index (κ2) is 7.11. The fourth-order valence-corrected chi connectivity index (χ4v) is 0.636. The number of rotatable bonds is 7. The van der Waals surface area contributed by atoms with Crippen LogP contribution in [0.15, 0.2) is 0 Å². The zero-order valence-electron chi connectivity index (χ0n) is 7.27. The Hall–Kier alpha value is -0.330. The van der Waals surface area contributed by atoms with Crippen LogP contribution in [0, 0.1) is 0 Å². The number of nitrogens with two attached hydrogens (primary N) is 1. The third-order valence-corrected chi connectivity index (χ3v) is 1.11. The van der Waals surface area contributed by atoms with Crippen LogP contribution < -0.4 is 5.73 Å². The molecule has 0 aliphatic rings. The van der Waals surface area contributed by atoms with Crippen molar-refractivity contribution in [2.24, 2.45) is 5.73 Å². The molecule has 0 radical (unpaired) electrons. The summed E-state index contributed by atoms with van der Waals surface area (Å²) in [5.74, 6) is 0. The first-order valence-corrected chi connectivity index (χ1v) is 3.98. The predicted octanol–water partition coefficient (Wildman–Crippen LogP) is 0.931. The molecule has 3 nitrogen and oxygen atoms in total. The average Bonchev–Trinajstić information content (AvgIpc) is 2.01. The minimum absolute atomic E-state index is 0.0596. The van der Waals surface area contributed by atoms with E-state index in [1.54, 1.807) is 0 Å². The van der Waals surface area contributed by atoms with E-state index in [0.717, 1.165) is 0 Å². The highest BCUT2D eigenvalue weighted by molar-refractivity contribution is 4.45. The minimum Gasteiger partial charge on any atom is -0.380 e. The van der Waals surface area contributed by atoms with Crippen molar-refractivity contribution in [3.05, 3.63) is 0 Å². The fraction of sp³-hybridized carbons (Fsp3) is 1.00. The van der Waals surface area contributed by atoms with Gasteiger partial charge in [0.1, 0.15) is 6.61 Å². The molecular formula is C7H14F3NO2. The normalized spacial score (nSPS) is 12.0. The van der Waals surface area contributed by atoms with Gasteiger partial charge in [0.05, 0.1) is 6.61 Å². The maximum absolute atomic E-state index is 11.5. The molecule has 0 fully saturated rings. The van der Waals surface area contributed by atoms with E-state index in [0.29, 0.717) is 26.2 Å². The summed E-state index contributed by atoms with van der Waals surface area (Å²) in [6.07, 6.45) is -3.78. The van der Waals surface area contributed by atoms with Gasteiger partial charge in [0.25, 0.3) is 0 Å². The second-order valence-corrected chi connectivity index (χ2v) is 2.42. The Balaban J connectivity index is 3.00. The molecule has 0 aliphatic carbocycles. The monoisotopic (exact) mass is 201 g/mol. The highest BCUT2D eigenvalue weighted by atomic mass is 19.4. The van der Waals surface area contributed by atoms with Gasteiger partial charge in [0, 0.05) is 19.8 Å². The van der Waals surface area contributed by atoms with Gasteiger partial charge in [0.2, 0.25) is 0 Å². The first-order valence-electron chi connectivity index (χ1n) is 3.98. The molecule has 0 aliphatic heterocycles. The van der Waals surface area contributed by atoms with Gasteiger partial charge in [-0.3, -0.25) is 0 Å². The molecule has 0 rings (SSSR count). The number of ether oxygens (including phenoxy) is 2. The van der Waals surface area contributed by atoms with Crippen molar-refractivity contribution in [2.75, 3.05) is 33.0 Å². The molecule has 80 valence electrons. The maximum atomic E-state index is 11.5. The van der Waals surface area contributed by atoms with E-state index >= 15 is 0 Å². The van der Waals surface area contributed by atoms with Crippen LogP contribution in [0.1, 0.15) is 6.42 Å². The van der Waals surface area contributed by atoms with E-state index in [4.69, 9.17) is 10.5 Å². The minimum atomic E-state index is -4.24. The number of hydrogen-bond acceptors (Lipinski definition) is 3. The molecule has 0 unspecified atom stereocenters. The molecule has 6 heteroatoms. The van der Waals surface area contributed by atoms with Crippen molar-refractivity contribution in [3.8, 4) is 0 Å². The van der Waals surface area contributed by atoms with Gasteiger partial charge < -0.3 is 15.2 Å². The van der Waals surface area contributed by atoms with Crippen molar-refractivity contribution in [1.82, 2.24) is 0 Å². The quantitative estimate of drug-likeness (QED) is 0.623. The second-order valence-electron chi connectivity index (χ2n) is 2.42. The highest BCUT2D eigenvalue weighted by Crippen LogP contribution is 2.14. The molecule has 0 heterocycles. The molecule has 13 heavy (non-hydrogen) atoms. The summed E-state index contributed by atoms with van der Waals surface area (Å²) in [5, 5.41) is 0. The third kappa shape index (κ3) is 11.7. The summed E-state index contributed by atoms with van der Waals surface area (Å²) in [6, 6.07) is 0. The Morgan fingerprint density at radius 1 is 1.00 bits per heavy atom. The average molecular weight is 201 g/mol. The SMILES string of the molecule is NCCOCCCOCC(F)(F)F. The lowest BCUT2D eigenvalue weighted by Crippen LogP contribution is -2.18. The van der Waals surface area contributed by atoms with Gasteiger partial charge in [-0.1, -0.05) is 0 Å². The van der Waals surface area contributed by atoms with Crippen LogP contribution in [-0.4, -0.2) is 39.1 Å². The Morgan fingerprint density at radius 3 is 2.15 bits per heavy atom. The van der Waals surface area contributed by atoms with Crippen LogP contribution >= 0.6 is 0 Å². The Labute approximate surface area is 75.0 Å². The van der Waals surface area contributed by atoms with Crippen molar-refractivity contribution >= 4 is 0 Å². The topological polar surface area (TPSA) is 44.5 Å². The van der Waals surface area contributed by atoms with Gasteiger partial charge in [-0.2, -0.15) is 13.2 Å². The van der Waals surface area contributed by atoms with E-state index in [2.05, 4.69) is 4.74 Å². The van der Waals surface area contributed by atoms with Crippen molar-refractivity contribution in [1.29, 1.82) is 0 Å². The molecular weight excluding hydrogens is 187 g/mol. The molecule has 0 aromatic heterocycles. The van der Waals surface area contributed by atoms with E-state index < -0.39 is 12.8 Å². The van der Waals surface area contributed by atoms with Crippen molar-refractivity contribution in [3.63, 3.8) is 0 Å². The summed E-state index contributed by atoms with van der Waals surface area (Å²) < 4.78 is 43.8. The van der Waals surface area contributed by atoms with Crippen molar-refractivity contribution < 1.29 is 22.6 Å². The summed E-state index contributed by atoms with van der Waals surface area (Å²) in [4.78, 5) is 0. The molecule has 0 saturated heterocycles. The van der Waals surface area contributed by atoms with E-state index in [1.165, 1.54) is 0 Å². The van der Waals surface area contributed by atoms with Gasteiger partial charge >= 0.3 is 6.18 Å². The molecule has 0 bridgehead atoms. The number of alkyl halides is 3. The van der Waals surface area contributed by atoms with Gasteiger partial charge in [0.15, 0.2) is 0 Å². The van der Waals surface area contributed by atoms with E-state index in [9.17, 15) is 13.2 Å². The lowest BCUT2D eigenvalue weighted by molar-refractivity contribution is -0.174. The van der Waals surface area contributed by atoms with Crippen LogP contribution in [0.3, 0.4) is 0 Å². The molecule has 0 aromatic carbocycles. The zero-order valence-corrected chi connectivity index (χ0v) is 7.27. The lowest BCUT2D eigenvalue weighted by Gasteiger charge is -2.07. The molecule has 0 spiro atoms. The summed E-state index contributed by atoms with van der Waals surface area (Å²) in [7, 11) is 0. The van der Waals surface area contributed by atoms with Gasteiger partial charge in [-0.25, -0.2) is 0 Å². The van der Waals surface area contributed by atoms with Gasteiger partial charge in [-0.05, 0) is 6.42 Å². The lowest BCUT2D eigenvalue weighted by atomic mass is 10.5. The van der Waals surface area contributed by atoms with Crippen LogP contribution in [-0.2, 0) is 9.47 Å². The summed E-state index contributed by atoms with van der Waals surface area (Å²) >= 11 is 0. The smallest absolute Gasteiger partial charge is 0.380 e.